The van der Waals surface area contributed by atoms with Crippen molar-refractivity contribution < 1.29 is 19.0 Å². The molecule has 2 aliphatic heterocycles. The molecule has 0 aromatic heterocycles. The van der Waals surface area contributed by atoms with Gasteiger partial charge in [-0.25, -0.2) is 4.79 Å². The minimum Gasteiger partial charge on any atom is -0.444 e. The van der Waals surface area contributed by atoms with Gasteiger partial charge >= 0.3 is 6.09 Å². The molecule has 0 bridgehead atoms. The summed E-state index contributed by atoms with van der Waals surface area (Å²) in [5, 5.41) is 0. The van der Waals surface area contributed by atoms with E-state index in [2.05, 4.69) is 6.58 Å². The van der Waals surface area contributed by atoms with Crippen LogP contribution in [0.25, 0.3) is 0 Å². The summed E-state index contributed by atoms with van der Waals surface area (Å²) in [6.07, 6.45) is 1.36. The third-order valence-electron chi connectivity index (χ3n) is 3.28. The van der Waals surface area contributed by atoms with Crippen molar-refractivity contribution >= 4 is 6.09 Å². The van der Waals surface area contributed by atoms with Crippen LogP contribution in [0.2, 0.25) is 0 Å². The third kappa shape index (κ3) is 2.92. The zero-order chi connectivity index (χ0) is 14.4. The number of hydrogen-bond donors (Lipinski definition) is 0. The first-order valence-corrected chi connectivity index (χ1v) is 6.60. The van der Waals surface area contributed by atoms with E-state index in [0.717, 1.165) is 0 Å². The Labute approximate surface area is 114 Å². The van der Waals surface area contributed by atoms with E-state index in [1.807, 2.05) is 34.6 Å². The zero-order valence-electron chi connectivity index (χ0n) is 12.3. The first-order chi connectivity index (χ1) is 8.65. The largest absolute Gasteiger partial charge is 0.444 e. The van der Waals surface area contributed by atoms with Crippen molar-refractivity contribution in [3.8, 4) is 0 Å². The molecule has 1 amide bonds. The van der Waals surface area contributed by atoms with Crippen LogP contribution < -0.4 is 0 Å². The summed E-state index contributed by atoms with van der Waals surface area (Å²) >= 11 is 0. The lowest BCUT2D eigenvalue weighted by Crippen LogP contribution is -2.51. The standard InChI is InChI=1S/C14H23NO4/c1-7-10-11(18-10)9-8-17-14(5,6)15(9)12(16)19-13(2,3)4/h7,9-11H,1,8H2,2-6H3/t9-,10-,11+/m0/s1. The van der Waals surface area contributed by atoms with Crippen molar-refractivity contribution in [3.05, 3.63) is 12.7 Å². The molecule has 3 atom stereocenters. The molecule has 0 saturated carbocycles. The van der Waals surface area contributed by atoms with Gasteiger partial charge in [0.1, 0.15) is 23.5 Å². The van der Waals surface area contributed by atoms with E-state index in [0.29, 0.717) is 6.61 Å². The lowest BCUT2D eigenvalue weighted by Gasteiger charge is -2.34. The van der Waals surface area contributed by atoms with Crippen LogP contribution >= 0.6 is 0 Å². The fraction of sp³-hybridized carbons (Fsp3) is 0.786. The fourth-order valence-electron chi connectivity index (χ4n) is 2.38. The maximum absolute atomic E-state index is 12.4. The summed E-state index contributed by atoms with van der Waals surface area (Å²) < 4.78 is 16.7. The zero-order valence-corrected chi connectivity index (χ0v) is 12.3. The highest BCUT2D eigenvalue weighted by atomic mass is 16.6. The number of carbonyl (C=O) groups is 1. The third-order valence-corrected chi connectivity index (χ3v) is 3.28. The molecular weight excluding hydrogens is 246 g/mol. The quantitative estimate of drug-likeness (QED) is 0.570. The van der Waals surface area contributed by atoms with Gasteiger partial charge in [0.15, 0.2) is 0 Å². The summed E-state index contributed by atoms with van der Waals surface area (Å²) in [5.41, 5.74) is -1.20. The first kappa shape index (κ1) is 14.3. The monoisotopic (exact) mass is 269 g/mol. The maximum Gasteiger partial charge on any atom is 0.412 e. The summed E-state index contributed by atoms with van der Waals surface area (Å²) in [7, 11) is 0. The molecule has 5 nitrogen and oxygen atoms in total. The van der Waals surface area contributed by atoms with Gasteiger partial charge in [0.25, 0.3) is 0 Å². The van der Waals surface area contributed by atoms with E-state index in [4.69, 9.17) is 14.2 Å². The SMILES string of the molecule is C=C[C@@H]1O[C@@H]1[C@@H]1COC(C)(C)N1C(=O)OC(C)(C)C. The predicted octanol–water partition coefficient (Wildman–Crippen LogP) is 2.31. The molecule has 2 saturated heterocycles. The molecule has 19 heavy (non-hydrogen) atoms. The van der Waals surface area contributed by atoms with Gasteiger partial charge in [-0.15, -0.1) is 6.58 Å². The Morgan fingerprint density at radius 2 is 2.11 bits per heavy atom. The van der Waals surface area contributed by atoms with E-state index in [1.165, 1.54) is 0 Å². The minimum atomic E-state index is -0.676. The number of nitrogens with zero attached hydrogens (tertiary/aromatic N) is 1. The summed E-state index contributed by atoms with van der Waals surface area (Å²) in [6, 6.07) is -0.118. The Bertz CT molecular complexity index is 385. The molecule has 2 fully saturated rings. The van der Waals surface area contributed by atoms with Gasteiger partial charge in [-0.1, -0.05) is 6.08 Å². The van der Waals surface area contributed by atoms with Crippen LogP contribution in [0.5, 0.6) is 0 Å². The molecule has 0 aliphatic carbocycles. The van der Waals surface area contributed by atoms with Crippen LogP contribution in [0.1, 0.15) is 34.6 Å². The molecule has 0 aromatic carbocycles. The number of epoxide rings is 1. The molecule has 2 aliphatic rings. The lowest BCUT2D eigenvalue weighted by atomic mass is 10.1. The van der Waals surface area contributed by atoms with Gasteiger partial charge < -0.3 is 14.2 Å². The Kier molecular flexibility index (Phi) is 3.39. The molecule has 0 spiro atoms. The van der Waals surface area contributed by atoms with Gasteiger partial charge in [-0.3, -0.25) is 4.90 Å². The topological polar surface area (TPSA) is 51.3 Å². The second-order valence-electron chi connectivity index (χ2n) is 6.48. The van der Waals surface area contributed by atoms with Crippen molar-refractivity contribution in [1.29, 1.82) is 0 Å². The van der Waals surface area contributed by atoms with Gasteiger partial charge in [-0.05, 0) is 34.6 Å². The average molecular weight is 269 g/mol. The molecule has 2 rings (SSSR count). The lowest BCUT2D eigenvalue weighted by molar-refractivity contribution is -0.0632. The van der Waals surface area contributed by atoms with Crippen LogP contribution in [0.3, 0.4) is 0 Å². The highest BCUT2D eigenvalue weighted by Gasteiger charge is 2.55. The number of ether oxygens (including phenoxy) is 3. The molecule has 0 aromatic rings. The highest BCUT2D eigenvalue weighted by molar-refractivity contribution is 5.70. The van der Waals surface area contributed by atoms with Gasteiger partial charge in [0.05, 0.1) is 12.6 Å². The van der Waals surface area contributed by atoms with Crippen LogP contribution in [-0.4, -0.2) is 47.2 Å². The second-order valence-corrected chi connectivity index (χ2v) is 6.48. The van der Waals surface area contributed by atoms with Crippen molar-refractivity contribution in [2.75, 3.05) is 6.61 Å². The van der Waals surface area contributed by atoms with Crippen LogP contribution in [0, 0.1) is 0 Å². The molecule has 0 unspecified atom stereocenters. The molecule has 0 N–H and O–H groups in total. The Morgan fingerprint density at radius 3 is 2.58 bits per heavy atom. The van der Waals surface area contributed by atoms with Gasteiger partial charge in [0, 0.05) is 0 Å². The number of hydrogen-bond acceptors (Lipinski definition) is 4. The van der Waals surface area contributed by atoms with Crippen molar-refractivity contribution in [2.45, 2.75) is 64.2 Å². The van der Waals surface area contributed by atoms with Crippen LogP contribution in [0.15, 0.2) is 12.7 Å². The smallest absolute Gasteiger partial charge is 0.412 e. The van der Waals surface area contributed by atoms with Crippen LogP contribution in [-0.2, 0) is 14.2 Å². The van der Waals surface area contributed by atoms with E-state index in [9.17, 15) is 4.79 Å². The molecule has 0 radical (unpaired) electrons. The average Bonchev–Trinajstić information content (AvgIpc) is 2.93. The summed E-state index contributed by atoms with van der Waals surface area (Å²) in [5.74, 6) is 0. The van der Waals surface area contributed by atoms with E-state index >= 15 is 0 Å². The summed E-state index contributed by atoms with van der Waals surface area (Å²) in [4.78, 5) is 14.0. The minimum absolute atomic E-state index is 0.00689. The Morgan fingerprint density at radius 1 is 1.47 bits per heavy atom. The van der Waals surface area contributed by atoms with Crippen molar-refractivity contribution in [3.63, 3.8) is 0 Å². The maximum atomic E-state index is 12.4. The van der Waals surface area contributed by atoms with Gasteiger partial charge in [0.2, 0.25) is 0 Å². The van der Waals surface area contributed by atoms with E-state index < -0.39 is 11.3 Å². The normalized spacial score (nSPS) is 33.1. The number of rotatable bonds is 2. The Balaban J connectivity index is 2.13. The highest BCUT2D eigenvalue weighted by Crippen LogP contribution is 2.38. The number of amides is 1. The Hall–Kier alpha value is -1.07. The van der Waals surface area contributed by atoms with E-state index in [1.54, 1.807) is 11.0 Å². The van der Waals surface area contributed by atoms with Gasteiger partial charge in [-0.2, -0.15) is 0 Å². The number of carbonyl (C=O) groups excluding carboxylic acids is 1. The van der Waals surface area contributed by atoms with Crippen molar-refractivity contribution in [2.24, 2.45) is 0 Å². The fourth-order valence-corrected chi connectivity index (χ4v) is 2.38. The molecule has 108 valence electrons. The second kappa shape index (κ2) is 4.49. The predicted molar refractivity (Wildman–Crippen MR) is 70.8 cm³/mol. The van der Waals surface area contributed by atoms with E-state index in [-0.39, 0.29) is 24.3 Å². The molecule has 2 heterocycles. The molecule has 5 heteroatoms. The molecular formula is C14H23NO4. The van der Waals surface area contributed by atoms with Crippen molar-refractivity contribution in [1.82, 2.24) is 4.90 Å². The summed E-state index contributed by atoms with van der Waals surface area (Å²) in [6.45, 7) is 13.4. The van der Waals surface area contributed by atoms with Crippen LogP contribution in [0.4, 0.5) is 4.79 Å². The first-order valence-electron chi connectivity index (χ1n) is 6.60.